The molecule has 0 spiro atoms. The second-order valence-corrected chi connectivity index (χ2v) is 5.58. The number of ether oxygens (including phenoxy) is 1. The highest BCUT2D eigenvalue weighted by atomic mass is 16.5. The van der Waals surface area contributed by atoms with Crippen molar-refractivity contribution in [2.24, 2.45) is 0 Å². The molecule has 126 valence electrons. The van der Waals surface area contributed by atoms with Crippen molar-refractivity contribution in [3.8, 4) is 0 Å². The van der Waals surface area contributed by atoms with Crippen molar-refractivity contribution in [1.29, 1.82) is 0 Å². The van der Waals surface area contributed by atoms with E-state index in [2.05, 4.69) is 10.1 Å². The van der Waals surface area contributed by atoms with E-state index in [-0.39, 0.29) is 31.6 Å². The summed E-state index contributed by atoms with van der Waals surface area (Å²) in [6, 6.07) is 6.64. The van der Waals surface area contributed by atoms with Crippen LogP contribution in [0, 0.1) is 6.92 Å². The van der Waals surface area contributed by atoms with Crippen molar-refractivity contribution in [2.45, 2.75) is 32.5 Å². The molecule has 0 aliphatic carbocycles. The number of fused-ring (bicyclic) bond motifs is 1. The lowest BCUT2D eigenvalue weighted by Gasteiger charge is -2.34. The minimum absolute atomic E-state index is 0.00868. The monoisotopic (exact) mass is 331 g/mol. The highest BCUT2D eigenvalue weighted by Gasteiger charge is 2.34. The Bertz CT molecular complexity index is 758. The Labute approximate surface area is 138 Å². The van der Waals surface area contributed by atoms with E-state index >= 15 is 0 Å². The fourth-order valence-electron chi connectivity index (χ4n) is 2.71. The molecule has 0 saturated heterocycles. The van der Waals surface area contributed by atoms with Gasteiger partial charge in [-0.05, 0) is 18.1 Å². The Balaban J connectivity index is 1.64. The number of hydrogen-bond acceptors (Lipinski definition) is 6. The Kier molecular flexibility index (Phi) is 4.57. The van der Waals surface area contributed by atoms with E-state index in [9.17, 15) is 14.7 Å². The predicted octanol–water partition coefficient (Wildman–Crippen LogP) is 0.933. The molecule has 1 aliphatic heterocycles. The predicted molar refractivity (Wildman–Crippen MR) is 80.8 cm³/mol. The molecule has 8 heteroatoms. The SMILES string of the molecule is Cc1noc(COCC(=O)N2Cc3ccccc3C[C@@H]2C(=O)O)n1. The molecule has 24 heavy (non-hydrogen) atoms. The zero-order chi connectivity index (χ0) is 17.1. The molecule has 0 fully saturated rings. The first-order valence-electron chi connectivity index (χ1n) is 7.50. The van der Waals surface area contributed by atoms with Crippen LogP contribution in [0.3, 0.4) is 0 Å². The summed E-state index contributed by atoms with van der Waals surface area (Å²) in [6.45, 7) is 1.71. The van der Waals surface area contributed by atoms with E-state index in [4.69, 9.17) is 9.26 Å². The summed E-state index contributed by atoms with van der Waals surface area (Å²) in [4.78, 5) is 29.2. The zero-order valence-corrected chi connectivity index (χ0v) is 13.1. The van der Waals surface area contributed by atoms with E-state index in [1.807, 2.05) is 24.3 Å². The fourth-order valence-corrected chi connectivity index (χ4v) is 2.71. The van der Waals surface area contributed by atoms with Gasteiger partial charge in [-0.3, -0.25) is 4.79 Å². The number of nitrogens with zero attached hydrogens (tertiary/aromatic N) is 3. The standard InChI is InChI=1S/C16H17N3O5/c1-10-17-14(24-18-10)8-23-9-15(20)19-7-12-5-3-2-4-11(12)6-13(19)16(21)22/h2-5,13H,6-9H2,1H3,(H,21,22)/t13-/m1/s1. The molecule has 1 N–H and O–H groups in total. The lowest BCUT2D eigenvalue weighted by molar-refractivity contribution is -0.153. The lowest BCUT2D eigenvalue weighted by atomic mass is 9.94. The van der Waals surface area contributed by atoms with Crippen LogP contribution in [0.5, 0.6) is 0 Å². The third-order valence-corrected chi connectivity index (χ3v) is 3.87. The van der Waals surface area contributed by atoms with Gasteiger partial charge in [0.25, 0.3) is 5.89 Å². The molecule has 2 heterocycles. The summed E-state index contributed by atoms with van der Waals surface area (Å²) < 4.78 is 10.2. The second kappa shape index (κ2) is 6.79. The maximum absolute atomic E-state index is 12.4. The topological polar surface area (TPSA) is 106 Å². The van der Waals surface area contributed by atoms with Gasteiger partial charge in [-0.15, -0.1) is 0 Å². The van der Waals surface area contributed by atoms with E-state index in [1.165, 1.54) is 4.90 Å². The maximum Gasteiger partial charge on any atom is 0.326 e. The van der Waals surface area contributed by atoms with E-state index in [0.29, 0.717) is 12.2 Å². The van der Waals surface area contributed by atoms with Gasteiger partial charge in [0, 0.05) is 13.0 Å². The minimum Gasteiger partial charge on any atom is -0.480 e. The van der Waals surface area contributed by atoms with Crippen molar-refractivity contribution >= 4 is 11.9 Å². The Hall–Kier alpha value is -2.74. The first kappa shape index (κ1) is 16.1. The van der Waals surface area contributed by atoms with Gasteiger partial charge in [-0.2, -0.15) is 4.98 Å². The van der Waals surface area contributed by atoms with Gasteiger partial charge >= 0.3 is 5.97 Å². The number of aliphatic carboxylic acids is 1. The first-order valence-corrected chi connectivity index (χ1v) is 7.50. The summed E-state index contributed by atoms with van der Waals surface area (Å²) in [7, 11) is 0. The molecule has 0 saturated carbocycles. The number of carboxylic acid groups (broad SMARTS) is 1. The van der Waals surface area contributed by atoms with Crippen LogP contribution in [0.1, 0.15) is 22.8 Å². The highest BCUT2D eigenvalue weighted by Crippen LogP contribution is 2.23. The number of aromatic nitrogens is 2. The number of carbonyl (C=O) groups excluding carboxylic acids is 1. The van der Waals surface area contributed by atoms with Gasteiger partial charge in [0.15, 0.2) is 5.82 Å². The van der Waals surface area contributed by atoms with Crippen molar-refractivity contribution in [2.75, 3.05) is 6.61 Å². The molecule has 8 nitrogen and oxygen atoms in total. The van der Waals surface area contributed by atoms with Crippen LogP contribution >= 0.6 is 0 Å². The Morgan fingerprint density at radius 1 is 1.38 bits per heavy atom. The normalized spacial score (nSPS) is 16.7. The van der Waals surface area contributed by atoms with Crippen molar-refractivity contribution in [3.05, 3.63) is 47.1 Å². The number of carboxylic acids is 1. The molecule has 1 aromatic heterocycles. The molecule has 0 radical (unpaired) electrons. The van der Waals surface area contributed by atoms with Gasteiger partial charge in [-0.25, -0.2) is 4.79 Å². The third-order valence-electron chi connectivity index (χ3n) is 3.87. The molecule has 1 atom stereocenters. The van der Waals surface area contributed by atoms with Gasteiger partial charge in [0.2, 0.25) is 5.91 Å². The smallest absolute Gasteiger partial charge is 0.326 e. The van der Waals surface area contributed by atoms with Gasteiger partial charge in [0.05, 0.1) is 0 Å². The van der Waals surface area contributed by atoms with Gasteiger partial charge in [0.1, 0.15) is 19.3 Å². The van der Waals surface area contributed by atoms with Crippen molar-refractivity contribution in [1.82, 2.24) is 15.0 Å². The molecule has 0 unspecified atom stereocenters. The summed E-state index contributed by atoms with van der Waals surface area (Å²) in [5.74, 6) is -0.643. The number of hydrogen-bond donors (Lipinski definition) is 1. The number of amides is 1. The van der Waals surface area contributed by atoms with Crippen LogP contribution in [0.15, 0.2) is 28.8 Å². The third kappa shape index (κ3) is 3.43. The quantitative estimate of drug-likeness (QED) is 0.869. The largest absolute Gasteiger partial charge is 0.480 e. The molecule has 0 bridgehead atoms. The lowest BCUT2D eigenvalue weighted by Crippen LogP contribution is -2.49. The van der Waals surface area contributed by atoms with Crippen LogP contribution in [-0.4, -0.2) is 44.7 Å². The average molecular weight is 331 g/mol. The molecule has 1 aliphatic rings. The van der Waals surface area contributed by atoms with Crippen LogP contribution < -0.4 is 0 Å². The van der Waals surface area contributed by atoms with Crippen LogP contribution in [-0.2, 0) is 33.9 Å². The molecule has 3 rings (SSSR count). The molecule has 2 aromatic rings. The fraction of sp³-hybridized carbons (Fsp3) is 0.375. The first-order chi connectivity index (χ1) is 11.5. The second-order valence-electron chi connectivity index (χ2n) is 5.58. The van der Waals surface area contributed by atoms with E-state index < -0.39 is 12.0 Å². The molecular formula is C16H17N3O5. The van der Waals surface area contributed by atoms with Crippen LogP contribution in [0.4, 0.5) is 0 Å². The Morgan fingerprint density at radius 2 is 2.12 bits per heavy atom. The van der Waals surface area contributed by atoms with Crippen molar-refractivity contribution in [3.63, 3.8) is 0 Å². The average Bonchev–Trinajstić information content (AvgIpc) is 2.98. The molecule has 1 amide bonds. The highest BCUT2D eigenvalue weighted by molar-refractivity contribution is 5.85. The number of aryl methyl sites for hydroxylation is 1. The van der Waals surface area contributed by atoms with Crippen LogP contribution in [0.2, 0.25) is 0 Å². The maximum atomic E-state index is 12.4. The summed E-state index contributed by atoms with van der Waals surface area (Å²) in [5, 5.41) is 13.0. The zero-order valence-electron chi connectivity index (χ0n) is 13.1. The van der Waals surface area contributed by atoms with E-state index in [0.717, 1.165) is 11.1 Å². The number of rotatable bonds is 5. The van der Waals surface area contributed by atoms with E-state index in [1.54, 1.807) is 6.92 Å². The van der Waals surface area contributed by atoms with Crippen molar-refractivity contribution < 1.29 is 24.0 Å². The summed E-state index contributed by atoms with van der Waals surface area (Å²) >= 11 is 0. The van der Waals surface area contributed by atoms with Gasteiger partial charge < -0.3 is 19.3 Å². The molecule has 1 aromatic carbocycles. The number of benzene rings is 1. The summed E-state index contributed by atoms with van der Waals surface area (Å²) in [6.07, 6.45) is 0.292. The molecular weight excluding hydrogens is 314 g/mol. The minimum atomic E-state index is -1.02. The van der Waals surface area contributed by atoms with Gasteiger partial charge in [-0.1, -0.05) is 29.4 Å². The number of carbonyl (C=O) groups is 2. The van der Waals surface area contributed by atoms with Crippen LogP contribution in [0.25, 0.3) is 0 Å². The Morgan fingerprint density at radius 3 is 2.79 bits per heavy atom. The summed E-state index contributed by atoms with van der Waals surface area (Å²) in [5.41, 5.74) is 1.91.